The lowest BCUT2D eigenvalue weighted by atomic mass is 10.0. The average molecular weight is 698 g/mol. The summed E-state index contributed by atoms with van der Waals surface area (Å²) in [4.78, 5) is 29.2. The standard InChI is InChI=1S/C31H36BrCl2N3O4S/c1-4-22(2)35-31(39)29(19-23-10-6-5-7-11-23)36(21-24-12-8-13-25(32)18-24)30(38)14-9-17-37(42(3,40)41)28-20-26(33)15-16-27(28)34/h5-8,10-13,15-16,18,20,22,29H,4,9,14,17,19,21H2,1-3H3,(H,35,39)/t22-,29-/m0/s1. The smallest absolute Gasteiger partial charge is 0.243 e. The van der Waals surface area contributed by atoms with E-state index in [-0.39, 0.29) is 54.5 Å². The molecule has 2 atom stereocenters. The van der Waals surface area contributed by atoms with E-state index in [0.29, 0.717) is 11.4 Å². The maximum Gasteiger partial charge on any atom is 0.243 e. The fraction of sp³-hybridized carbons (Fsp3) is 0.355. The minimum atomic E-state index is -3.72. The molecule has 0 aliphatic heterocycles. The molecule has 0 aliphatic carbocycles. The number of sulfonamides is 1. The van der Waals surface area contributed by atoms with Crippen LogP contribution < -0.4 is 9.62 Å². The Labute approximate surface area is 267 Å². The molecule has 2 amide bonds. The molecule has 0 aromatic heterocycles. The second kappa shape index (κ2) is 15.8. The predicted molar refractivity (Wildman–Crippen MR) is 174 cm³/mol. The van der Waals surface area contributed by atoms with Crippen molar-refractivity contribution in [3.05, 3.63) is 98.4 Å². The molecule has 0 fully saturated rings. The molecule has 0 saturated heterocycles. The molecule has 3 rings (SSSR count). The van der Waals surface area contributed by atoms with Gasteiger partial charge in [0.25, 0.3) is 0 Å². The second-order valence-corrected chi connectivity index (χ2v) is 13.9. The number of amides is 2. The van der Waals surface area contributed by atoms with Crippen LogP contribution >= 0.6 is 39.1 Å². The number of hydrogen-bond acceptors (Lipinski definition) is 4. The van der Waals surface area contributed by atoms with Crippen molar-refractivity contribution in [2.45, 2.75) is 58.2 Å². The summed E-state index contributed by atoms with van der Waals surface area (Å²) in [7, 11) is -3.72. The number of hydrogen-bond donors (Lipinski definition) is 1. The third-order valence-corrected chi connectivity index (χ3v) is 9.07. The molecule has 0 radical (unpaired) electrons. The number of benzene rings is 3. The highest BCUT2D eigenvalue weighted by Crippen LogP contribution is 2.31. The van der Waals surface area contributed by atoms with Crippen molar-refractivity contribution in [3.8, 4) is 0 Å². The Morgan fingerprint density at radius 1 is 0.976 bits per heavy atom. The summed E-state index contributed by atoms with van der Waals surface area (Å²) in [5, 5.41) is 3.63. The third kappa shape index (κ3) is 10.0. The first kappa shape index (κ1) is 33.9. The number of anilines is 1. The number of carbonyl (C=O) groups is 2. The van der Waals surface area contributed by atoms with Crippen LogP contribution in [0.15, 0.2) is 77.3 Å². The van der Waals surface area contributed by atoms with E-state index >= 15 is 0 Å². The van der Waals surface area contributed by atoms with Crippen molar-refractivity contribution in [1.29, 1.82) is 0 Å². The van der Waals surface area contributed by atoms with Crippen LogP contribution in [0.1, 0.15) is 44.2 Å². The van der Waals surface area contributed by atoms with E-state index in [9.17, 15) is 18.0 Å². The van der Waals surface area contributed by atoms with Gasteiger partial charge in [0.15, 0.2) is 0 Å². The lowest BCUT2D eigenvalue weighted by Gasteiger charge is -2.33. The zero-order valence-electron chi connectivity index (χ0n) is 23.9. The van der Waals surface area contributed by atoms with E-state index in [1.807, 2.05) is 68.4 Å². The number of halogens is 3. The van der Waals surface area contributed by atoms with Gasteiger partial charge in [0.05, 0.1) is 17.0 Å². The number of carbonyl (C=O) groups excluding carboxylic acids is 2. The topological polar surface area (TPSA) is 86.8 Å². The molecule has 42 heavy (non-hydrogen) atoms. The van der Waals surface area contributed by atoms with Gasteiger partial charge in [-0.25, -0.2) is 8.42 Å². The van der Waals surface area contributed by atoms with Crippen molar-refractivity contribution >= 4 is 66.7 Å². The van der Waals surface area contributed by atoms with E-state index in [4.69, 9.17) is 23.2 Å². The van der Waals surface area contributed by atoms with Gasteiger partial charge in [-0.15, -0.1) is 0 Å². The number of rotatable bonds is 14. The predicted octanol–water partition coefficient (Wildman–Crippen LogP) is 6.86. The third-order valence-electron chi connectivity index (χ3n) is 6.84. The minimum Gasteiger partial charge on any atom is -0.352 e. The van der Waals surface area contributed by atoms with E-state index in [0.717, 1.165) is 32.6 Å². The van der Waals surface area contributed by atoms with E-state index in [1.54, 1.807) is 11.0 Å². The van der Waals surface area contributed by atoms with E-state index in [1.165, 1.54) is 12.1 Å². The monoisotopic (exact) mass is 695 g/mol. The highest BCUT2D eigenvalue weighted by atomic mass is 79.9. The molecule has 0 bridgehead atoms. The fourth-order valence-electron chi connectivity index (χ4n) is 4.49. The summed E-state index contributed by atoms with van der Waals surface area (Å²) in [6.45, 7) is 4.14. The van der Waals surface area contributed by atoms with Gasteiger partial charge in [-0.1, -0.05) is 88.5 Å². The lowest BCUT2D eigenvalue weighted by molar-refractivity contribution is -0.141. The highest BCUT2D eigenvalue weighted by Gasteiger charge is 2.31. The Kier molecular flexibility index (Phi) is 12.7. The summed E-state index contributed by atoms with van der Waals surface area (Å²) >= 11 is 15.9. The average Bonchev–Trinajstić information content (AvgIpc) is 2.94. The van der Waals surface area contributed by atoms with Gasteiger partial charge in [0.2, 0.25) is 21.8 Å². The summed E-state index contributed by atoms with van der Waals surface area (Å²) in [5.41, 5.74) is 2.03. The maximum atomic E-state index is 13.9. The van der Waals surface area contributed by atoms with Gasteiger partial charge in [-0.2, -0.15) is 0 Å². The van der Waals surface area contributed by atoms with Crippen molar-refractivity contribution in [1.82, 2.24) is 10.2 Å². The zero-order valence-corrected chi connectivity index (χ0v) is 27.8. The Bertz CT molecular complexity index is 1470. The summed E-state index contributed by atoms with van der Waals surface area (Å²) in [5.74, 6) is -0.499. The second-order valence-electron chi connectivity index (χ2n) is 10.2. The first-order valence-electron chi connectivity index (χ1n) is 13.7. The molecule has 0 heterocycles. The van der Waals surface area contributed by atoms with Crippen LogP contribution in [-0.4, -0.2) is 50.0 Å². The molecule has 1 N–H and O–H groups in total. The van der Waals surface area contributed by atoms with Gasteiger partial charge in [-0.3, -0.25) is 13.9 Å². The molecule has 11 heteroatoms. The van der Waals surface area contributed by atoms with Gasteiger partial charge in [0.1, 0.15) is 6.04 Å². The Morgan fingerprint density at radius 3 is 2.31 bits per heavy atom. The van der Waals surface area contributed by atoms with Crippen LogP contribution in [0.3, 0.4) is 0 Å². The molecule has 3 aromatic carbocycles. The number of nitrogens with zero attached hydrogens (tertiary/aromatic N) is 2. The van der Waals surface area contributed by atoms with Crippen molar-refractivity contribution in [2.24, 2.45) is 0 Å². The van der Waals surface area contributed by atoms with Gasteiger partial charge >= 0.3 is 0 Å². The molecule has 7 nitrogen and oxygen atoms in total. The fourth-order valence-corrected chi connectivity index (χ4v) is 6.34. The first-order valence-corrected chi connectivity index (χ1v) is 17.1. The Morgan fingerprint density at radius 2 is 1.67 bits per heavy atom. The van der Waals surface area contributed by atoms with Crippen LogP contribution in [0.5, 0.6) is 0 Å². The van der Waals surface area contributed by atoms with Gasteiger partial charge in [-0.05, 0) is 61.2 Å². The highest BCUT2D eigenvalue weighted by molar-refractivity contribution is 9.10. The Balaban J connectivity index is 1.91. The minimum absolute atomic E-state index is 0.0117. The van der Waals surface area contributed by atoms with E-state index in [2.05, 4.69) is 21.2 Å². The van der Waals surface area contributed by atoms with Gasteiger partial charge in [0, 0.05) is 41.5 Å². The molecule has 0 saturated carbocycles. The quantitative estimate of drug-likeness (QED) is 0.200. The zero-order chi connectivity index (χ0) is 30.9. The first-order chi connectivity index (χ1) is 19.9. The van der Waals surface area contributed by atoms with Crippen LogP contribution in [-0.2, 0) is 32.6 Å². The molecule has 3 aromatic rings. The maximum absolute atomic E-state index is 13.9. The molecule has 0 spiro atoms. The molecule has 226 valence electrons. The number of nitrogens with one attached hydrogen (secondary N) is 1. The molecule has 0 aliphatic rings. The van der Waals surface area contributed by atoms with Crippen molar-refractivity contribution in [2.75, 3.05) is 17.1 Å². The lowest BCUT2D eigenvalue weighted by Crippen LogP contribution is -2.52. The van der Waals surface area contributed by atoms with Crippen LogP contribution in [0, 0.1) is 0 Å². The normalized spacial score (nSPS) is 12.8. The SMILES string of the molecule is CC[C@H](C)NC(=O)[C@H](Cc1ccccc1)N(Cc1cccc(Br)c1)C(=O)CCCN(c1cc(Cl)ccc1Cl)S(C)(=O)=O. The summed E-state index contributed by atoms with van der Waals surface area (Å²) in [6, 6.07) is 20.9. The van der Waals surface area contributed by atoms with Gasteiger partial charge < -0.3 is 10.2 Å². The van der Waals surface area contributed by atoms with Crippen molar-refractivity contribution in [3.63, 3.8) is 0 Å². The molecule has 0 unspecified atom stereocenters. The molecular weight excluding hydrogens is 661 g/mol. The van der Waals surface area contributed by atoms with Crippen LogP contribution in [0.25, 0.3) is 0 Å². The molecular formula is C31H36BrCl2N3O4S. The van der Waals surface area contributed by atoms with E-state index < -0.39 is 16.1 Å². The van der Waals surface area contributed by atoms with Crippen LogP contribution in [0.4, 0.5) is 5.69 Å². The Hall–Kier alpha value is -2.59. The summed E-state index contributed by atoms with van der Waals surface area (Å²) < 4.78 is 27.4. The van der Waals surface area contributed by atoms with Crippen LogP contribution in [0.2, 0.25) is 10.0 Å². The largest absolute Gasteiger partial charge is 0.352 e. The van der Waals surface area contributed by atoms with Crippen molar-refractivity contribution < 1.29 is 18.0 Å². The summed E-state index contributed by atoms with van der Waals surface area (Å²) in [6.07, 6.45) is 2.38.